The topological polar surface area (TPSA) is 28.2 Å². The van der Waals surface area contributed by atoms with Crippen LogP contribution in [-0.2, 0) is 12.0 Å². The fourth-order valence-corrected chi connectivity index (χ4v) is 3.75. The smallest absolute Gasteiger partial charge is 0.107 e. The van der Waals surface area contributed by atoms with Gasteiger partial charge in [0.15, 0.2) is 0 Å². The molecule has 0 radical (unpaired) electrons. The van der Waals surface area contributed by atoms with E-state index in [4.69, 9.17) is 0 Å². The molecule has 0 spiro atoms. The summed E-state index contributed by atoms with van der Waals surface area (Å²) in [5.74, 6) is 0. The number of rotatable bonds is 5. The summed E-state index contributed by atoms with van der Waals surface area (Å²) in [5.41, 5.74) is 0.222. The summed E-state index contributed by atoms with van der Waals surface area (Å²) in [7, 11) is 0. The van der Waals surface area contributed by atoms with Gasteiger partial charge >= 0.3 is 0 Å². The number of nitrogens with one attached hydrogen (secondary N) is 1. The van der Waals surface area contributed by atoms with Crippen LogP contribution in [0.1, 0.15) is 56.8 Å². The van der Waals surface area contributed by atoms with Crippen LogP contribution in [0.3, 0.4) is 0 Å². The lowest BCUT2D eigenvalue weighted by Crippen LogP contribution is -2.43. The zero-order chi connectivity index (χ0) is 14.6. The Balaban J connectivity index is 2.01. The minimum Gasteiger partial charge on any atom is -0.317 e. The molecule has 1 aliphatic rings. The van der Waals surface area contributed by atoms with Crippen molar-refractivity contribution >= 4 is 11.3 Å². The van der Waals surface area contributed by atoms with Gasteiger partial charge in [-0.05, 0) is 44.3 Å². The molecule has 0 atom stereocenters. The van der Waals surface area contributed by atoms with Gasteiger partial charge in [0.05, 0.1) is 6.54 Å². The largest absolute Gasteiger partial charge is 0.317 e. The number of aromatic nitrogens is 1. The van der Waals surface area contributed by atoms with Crippen LogP contribution in [0, 0.1) is 0 Å². The molecule has 20 heavy (non-hydrogen) atoms. The second-order valence-electron chi connectivity index (χ2n) is 6.82. The van der Waals surface area contributed by atoms with Gasteiger partial charge in [-0.3, -0.25) is 4.90 Å². The normalized spacial score (nSPS) is 17.9. The van der Waals surface area contributed by atoms with E-state index in [1.807, 2.05) is 11.3 Å². The minimum atomic E-state index is 0.222. The molecule has 2 heterocycles. The molecule has 1 aromatic rings. The van der Waals surface area contributed by atoms with Crippen molar-refractivity contribution in [1.82, 2.24) is 15.2 Å². The Morgan fingerprint density at radius 1 is 1.35 bits per heavy atom. The van der Waals surface area contributed by atoms with Gasteiger partial charge in [0.25, 0.3) is 0 Å². The molecular weight excluding hydrogens is 266 g/mol. The van der Waals surface area contributed by atoms with Gasteiger partial charge in [0, 0.05) is 17.1 Å². The Labute approximate surface area is 127 Å². The van der Waals surface area contributed by atoms with Gasteiger partial charge in [-0.25, -0.2) is 4.98 Å². The number of thiazole rings is 1. The van der Waals surface area contributed by atoms with Gasteiger partial charge < -0.3 is 5.32 Å². The van der Waals surface area contributed by atoms with Crippen molar-refractivity contribution in [2.75, 3.05) is 19.6 Å². The van der Waals surface area contributed by atoms with Gasteiger partial charge in [-0.15, -0.1) is 11.3 Å². The van der Waals surface area contributed by atoms with E-state index in [1.165, 1.54) is 35.7 Å². The molecule has 0 bridgehead atoms. The molecule has 0 amide bonds. The van der Waals surface area contributed by atoms with E-state index in [0.29, 0.717) is 0 Å². The van der Waals surface area contributed by atoms with Crippen molar-refractivity contribution in [2.24, 2.45) is 0 Å². The van der Waals surface area contributed by atoms with Crippen LogP contribution >= 0.6 is 11.3 Å². The lowest BCUT2D eigenvalue weighted by molar-refractivity contribution is 0.154. The van der Waals surface area contributed by atoms with E-state index in [9.17, 15) is 0 Å². The highest BCUT2D eigenvalue weighted by Gasteiger charge is 2.23. The van der Waals surface area contributed by atoms with E-state index in [1.54, 1.807) is 0 Å². The highest BCUT2D eigenvalue weighted by Crippen LogP contribution is 2.29. The Morgan fingerprint density at radius 2 is 2.05 bits per heavy atom. The molecule has 4 heteroatoms. The summed E-state index contributed by atoms with van der Waals surface area (Å²) in [4.78, 5) is 8.70. The Bertz CT molecular complexity index is 402. The molecule has 3 nitrogen and oxygen atoms in total. The van der Waals surface area contributed by atoms with Crippen LogP contribution in [-0.4, -0.2) is 35.6 Å². The average Bonchev–Trinajstić information content (AvgIpc) is 2.88. The zero-order valence-electron chi connectivity index (χ0n) is 13.4. The minimum absolute atomic E-state index is 0.222. The number of hydrogen-bond acceptors (Lipinski definition) is 4. The SMILES string of the molecule is CCCN(Cc1ncc(C(C)(C)C)s1)C1CCNCC1. The van der Waals surface area contributed by atoms with Gasteiger partial charge in [-0.1, -0.05) is 27.7 Å². The molecule has 2 rings (SSSR count). The average molecular weight is 295 g/mol. The summed E-state index contributed by atoms with van der Waals surface area (Å²) in [6.07, 6.45) is 5.85. The summed E-state index contributed by atoms with van der Waals surface area (Å²) in [5, 5.41) is 4.74. The zero-order valence-corrected chi connectivity index (χ0v) is 14.2. The van der Waals surface area contributed by atoms with Crippen LogP contribution < -0.4 is 5.32 Å². The lowest BCUT2D eigenvalue weighted by Gasteiger charge is -2.33. The molecule has 1 fully saturated rings. The van der Waals surface area contributed by atoms with Crippen molar-refractivity contribution in [2.45, 2.75) is 65.0 Å². The van der Waals surface area contributed by atoms with E-state index in [0.717, 1.165) is 25.7 Å². The maximum absolute atomic E-state index is 4.66. The Hall–Kier alpha value is -0.450. The first kappa shape index (κ1) is 15.9. The standard InChI is InChI=1S/C16H29N3S/c1-5-10-19(13-6-8-17-9-7-13)12-15-18-11-14(20-15)16(2,3)4/h11,13,17H,5-10,12H2,1-4H3. The van der Waals surface area contributed by atoms with E-state index in [2.05, 4.69) is 49.1 Å². The third-order valence-electron chi connectivity index (χ3n) is 3.97. The Morgan fingerprint density at radius 3 is 2.60 bits per heavy atom. The maximum atomic E-state index is 4.66. The molecule has 0 saturated carbocycles. The third-order valence-corrected chi connectivity index (χ3v) is 5.37. The van der Waals surface area contributed by atoms with Crippen molar-refractivity contribution < 1.29 is 0 Å². The quantitative estimate of drug-likeness (QED) is 0.902. The maximum Gasteiger partial charge on any atom is 0.107 e. The number of piperidine rings is 1. The van der Waals surface area contributed by atoms with Crippen LogP contribution in [0.15, 0.2) is 6.20 Å². The van der Waals surface area contributed by atoms with Crippen LogP contribution in [0.2, 0.25) is 0 Å². The second-order valence-corrected chi connectivity index (χ2v) is 7.94. The van der Waals surface area contributed by atoms with Crippen molar-refractivity contribution in [3.05, 3.63) is 16.1 Å². The van der Waals surface area contributed by atoms with Crippen molar-refractivity contribution in [3.8, 4) is 0 Å². The lowest BCUT2D eigenvalue weighted by atomic mass is 9.96. The van der Waals surface area contributed by atoms with E-state index < -0.39 is 0 Å². The fourth-order valence-electron chi connectivity index (χ4n) is 2.75. The van der Waals surface area contributed by atoms with Crippen LogP contribution in [0.5, 0.6) is 0 Å². The van der Waals surface area contributed by atoms with E-state index in [-0.39, 0.29) is 5.41 Å². The monoisotopic (exact) mass is 295 g/mol. The molecule has 1 aliphatic heterocycles. The molecule has 1 N–H and O–H groups in total. The van der Waals surface area contributed by atoms with Crippen molar-refractivity contribution in [3.63, 3.8) is 0 Å². The molecule has 114 valence electrons. The third kappa shape index (κ3) is 4.27. The van der Waals surface area contributed by atoms with Crippen LogP contribution in [0.25, 0.3) is 0 Å². The van der Waals surface area contributed by atoms with Gasteiger partial charge in [0.2, 0.25) is 0 Å². The fraction of sp³-hybridized carbons (Fsp3) is 0.812. The first-order valence-electron chi connectivity index (χ1n) is 7.90. The molecule has 0 aromatic carbocycles. The highest BCUT2D eigenvalue weighted by molar-refractivity contribution is 7.11. The molecule has 0 unspecified atom stereocenters. The number of hydrogen-bond donors (Lipinski definition) is 1. The molecule has 1 saturated heterocycles. The molecule has 0 aliphatic carbocycles. The van der Waals surface area contributed by atoms with E-state index >= 15 is 0 Å². The summed E-state index contributed by atoms with van der Waals surface area (Å²) in [6.45, 7) is 13.6. The van der Waals surface area contributed by atoms with Gasteiger partial charge in [0.1, 0.15) is 5.01 Å². The first-order chi connectivity index (χ1) is 9.50. The summed E-state index contributed by atoms with van der Waals surface area (Å²) in [6, 6.07) is 0.734. The molecule has 1 aromatic heterocycles. The van der Waals surface area contributed by atoms with Gasteiger partial charge in [-0.2, -0.15) is 0 Å². The second kappa shape index (κ2) is 7.01. The summed E-state index contributed by atoms with van der Waals surface area (Å²) < 4.78 is 0. The predicted molar refractivity (Wildman–Crippen MR) is 87.4 cm³/mol. The molecular formula is C16H29N3S. The van der Waals surface area contributed by atoms with Crippen molar-refractivity contribution in [1.29, 1.82) is 0 Å². The predicted octanol–water partition coefficient (Wildman–Crippen LogP) is 3.40. The Kier molecular flexibility index (Phi) is 5.58. The first-order valence-corrected chi connectivity index (χ1v) is 8.72. The highest BCUT2D eigenvalue weighted by atomic mass is 32.1. The number of nitrogens with zero attached hydrogens (tertiary/aromatic N) is 2. The summed E-state index contributed by atoms with van der Waals surface area (Å²) >= 11 is 1.89. The van der Waals surface area contributed by atoms with Crippen LogP contribution in [0.4, 0.5) is 0 Å².